The lowest BCUT2D eigenvalue weighted by Crippen LogP contribution is -2.35. The molecule has 0 aliphatic rings. The minimum absolute atomic E-state index is 0.232. The molecule has 0 saturated heterocycles. The van der Waals surface area contributed by atoms with Crippen LogP contribution >= 0.6 is 0 Å². The van der Waals surface area contributed by atoms with Crippen LogP contribution in [0.3, 0.4) is 0 Å². The molecule has 0 heterocycles. The Labute approximate surface area is 140 Å². The van der Waals surface area contributed by atoms with Crippen LogP contribution in [-0.4, -0.2) is 25.4 Å². The first kappa shape index (κ1) is 17.5. The summed E-state index contributed by atoms with van der Waals surface area (Å²) < 4.78 is 13.1. The van der Waals surface area contributed by atoms with Crippen molar-refractivity contribution in [3.63, 3.8) is 0 Å². The summed E-state index contributed by atoms with van der Waals surface area (Å²) in [6, 6.07) is 13.0. The van der Waals surface area contributed by atoms with Gasteiger partial charge in [0.25, 0.3) is 0 Å². The van der Waals surface area contributed by atoms with Crippen molar-refractivity contribution in [1.29, 1.82) is 0 Å². The van der Waals surface area contributed by atoms with E-state index in [0.29, 0.717) is 0 Å². The summed E-state index contributed by atoms with van der Waals surface area (Å²) in [6.07, 6.45) is 0. The number of benzene rings is 2. The molecule has 0 fully saturated rings. The fourth-order valence-electron chi connectivity index (χ4n) is 2.21. The predicted octanol–water partition coefficient (Wildman–Crippen LogP) is 2.54. The van der Waals surface area contributed by atoms with Crippen LogP contribution in [0.5, 0.6) is 0 Å². The number of amides is 2. The number of hydrogen-bond acceptors (Lipinski definition) is 3. The number of para-hydroxylation sites is 1. The average Bonchev–Trinajstić information content (AvgIpc) is 2.59. The van der Waals surface area contributed by atoms with Gasteiger partial charge in [-0.25, -0.2) is 4.39 Å². The van der Waals surface area contributed by atoms with Gasteiger partial charge in [-0.05, 0) is 36.8 Å². The Balaban J connectivity index is 1.97. The van der Waals surface area contributed by atoms with Gasteiger partial charge in [0.15, 0.2) is 0 Å². The van der Waals surface area contributed by atoms with E-state index in [1.54, 1.807) is 0 Å². The average molecular weight is 329 g/mol. The zero-order valence-electron chi connectivity index (χ0n) is 13.7. The van der Waals surface area contributed by atoms with E-state index >= 15 is 0 Å². The van der Waals surface area contributed by atoms with Crippen LogP contribution in [0.4, 0.5) is 15.8 Å². The maximum Gasteiger partial charge on any atom is 0.313 e. The highest BCUT2D eigenvalue weighted by Gasteiger charge is 2.14. The SMILES string of the molecule is CCN(C)c1ccccc1CNC(=O)C(=O)Nc1cccc(F)c1. The summed E-state index contributed by atoms with van der Waals surface area (Å²) >= 11 is 0. The molecule has 0 atom stereocenters. The van der Waals surface area contributed by atoms with Crippen molar-refractivity contribution in [3.8, 4) is 0 Å². The van der Waals surface area contributed by atoms with Crippen molar-refractivity contribution >= 4 is 23.2 Å². The molecule has 2 aromatic carbocycles. The van der Waals surface area contributed by atoms with Gasteiger partial charge in [0.1, 0.15) is 5.82 Å². The fourth-order valence-corrected chi connectivity index (χ4v) is 2.21. The van der Waals surface area contributed by atoms with E-state index in [4.69, 9.17) is 0 Å². The van der Waals surface area contributed by atoms with E-state index in [1.807, 2.05) is 43.1 Å². The Kier molecular flexibility index (Phi) is 5.89. The number of hydrogen-bond donors (Lipinski definition) is 2. The molecule has 0 aliphatic heterocycles. The molecule has 2 amide bonds. The summed E-state index contributed by atoms with van der Waals surface area (Å²) in [5, 5.41) is 4.95. The summed E-state index contributed by atoms with van der Waals surface area (Å²) in [4.78, 5) is 25.8. The monoisotopic (exact) mass is 329 g/mol. The van der Waals surface area contributed by atoms with Gasteiger partial charge < -0.3 is 15.5 Å². The number of carbonyl (C=O) groups excluding carboxylic acids is 2. The molecule has 0 unspecified atom stereocenters. The molecule has 0 spiro atoms. The number of anilines is 2. The Hall–Kier alpha value is -2.89. The lowest BCUT2D eigenvalue weighted by molar-refractivity contribution is -0.136. The van der Waals surface area contributed by atoms with E-state index in [2.05, 4.69) is 10.6 Å². The van der Waals surface area contributed by atoms with Gasteiger partial charge in [-0.1, -0.05) is 24.3 Å². The topological polar surface area (TPSA) is 61.4 Å². The summed E-state index contributed by atoms with van der Waals surface area (Å²) in [5.41, 5.74) is 2.14. The van der Waals surface area contributed by atoms with Crippen molar-refractivity contribution in [2.75, 3.05) is 23.8 Å². The smallest absolute Gasteiger partial charge is 0.313 e. The van der Waals surface area contributed by atoms with Gasteiger partial charge in [-0.2, -0.15) is 0 Å². The Morgan fingerprint density at radius 3 is 2.54 bits per heavy atom. The molecule has 6 heteroatoms. The minimum Gasteiger partial charge on any atom is -0.375 e. The highest BCUT2D eigenvalue weighted by Crippen LogP contribution is 2.18. The molecule has 126 valence electrons. The fraction of sp³-hybridized carbons (Fsp3) is 0.222. The van der Waals surface area contributed by atoms with Crippen LogP contribution in [0.1, 0.15) is 12.5 Å². The second-order valence-corrected chi connectivity index (χ2v) is 5.29. The van der Waals surface area contributed by atoms with Crippen molar-refractivity contribution in [3.05, 3.63) is 59.9 Å². The minimum atomic E-state index is -0.832. The van der Waals surface area contributed by atoms with Gasteiger partial charge in [-0.3, -0.25) is 9.59 Å². The van der Waals surface area contributed by atoms with E-state index in [-0.39, 0.29) is 12.2 Å². The highest BCUT2D eigenvalue weighted by molar-refractivity contribution is 6.39. The zero-order chi connectivity index (χ0) is 17.5. The third-order valence-electron chi connectivity index (χ3n) is 3.61. The molecule has 24 heavy (non-hydrogen) atoms. The quantitative estimate of drug-likeness (QED) is 0.829. The zero-order valence-corrected chi connectivity index (χ0v) is 13.7. The molecule has 0 bridgehead atoms. The molecule has 2 rings (SSSR count). The van der Waals surface area contributed by atoms with Crippen molar-refractivity contribution < 1.29 is 14.0 Å². The van der Waals surface area contributed by atoms with Gasteiger partial charge in [0, 0.05) is 31.5 Å². The second kappa shape index (κ2) is 8.10. The van der Waals surface area contributed by atoms with Crippen LogP contribution in [0.2, 0.25) is 0 Å². The number of nitrogens with one attached hydrogen (secondary N) is 2. The Bertz CT molecular complexity index is 734. The standard InChI is InChI=1S/C18H20FN3O2/c1-3-22(2)16-10-5-4-7-13(16)12-20-17(23)18(24)21-15-9-6-8-14(19)11-15/h4-11H,3,12H2,1-2H3,(H,20,23)(H,21,24). The van der Waals surface area contributed by atoms with Crippen molar-refractivity contribution in [1.82, 2.24) is 5.32 Å². The molecule has 0 radical (unpaired) electrons. The largest absolute Gasteiger partial charge is 0.375 e. The molecule has 0 aromatic heterocycles. The first-order valence-corrected chi connectivity index (χ1v) is 7.65. The first-order chi connectivity index (χ1) is 11.5. The molecular formula is C18H20FN3O2. The molecule has 0 aliphatic carbocycles. The van der Waals surface area contributed by atoms with Gasteiger partial charge in [0.05, 0.1) is 0 Å². The van der Waals surface area contributed by atoms with E-state index < -0.39 is 17.6 Å². The van der Waals surface area contributed by atoms with Crippen molar-refractivity contribution in [2.45, 2.75) is 13.5 Å². The van der Waals surface area contributed by atoms with Gasteiger partial charge in [0.2, 0.25) is 0 Å². The van der Waals surface area contributed by atoms with Crippen LogP contribution in [0, 0.1) is 5.82 Å². The first-order valence-electron chi connectivity index (χ1n) is 7.65. The Morgan fingerprint density at radius 1 is 1.08 bits per heavy atom. The molecule has 2 N–H and O–H groups in total. The van der Waals surface area contributed by atoms with E-state index in [0.717, 1.165) is 23.9 Å². The number of nitrogens with zero attached hydrogens (tertiary/aromatic N) is 1. The highest BCUT2D eigenvalue weighted by atomic mass is 19.1. The van der Waals surface area contributed by atoms with E-state index in [9.17, 15) is 14.0 Å². The molecular weight excluding hydrogens is 309 g/mol. The maximum atomic E-state index is 13.1. The number of halogens is 1. The normalized spacial score (nSPS) is 10.1. The molecule has 0 saturated carbocycles. The number of rotatable bonds is 5. The van der Waals surface area contributed by atoms with E-state index in [1.165, 1.54) is 18.2 Å². The maximum absolute atomic E-state index is 13.1. The third kappa shape index (κ3) is 4.55. The summed E-state index contributed by atoms with van der Waals surface area (Å²) in [5.74, 6) is -2.08. The third-order valence-corrected chi connectivity index (χ3v) is 3.61. The second-order valence-electron chi connectivity index (χ2n) is 5.29. The van der Waals surface area contributed by atoms with Crippen LogP contribution in [-0.2, 0) is 16.1 Å². The van der Waals surface area contributed by atoms with Crippen LogP contribution < -0.4 is 15.5 Å². The van der Waals surface area contributed by atoms with Crippen LogP contribution in [0.15, 0.2) is 48.5 Å². The number of carbonyl (C=O) groups is 2. The Morgan fingerprint density at radius 2 is 1.83 bits per heavy atom. The van der Waals surface area contributed by atoms with Gasteiger partial charge >= 0.3 is 11.8 Å². The lowest BCUT2D eigenvalue weighted by Gasteiger charge is -2.20. The van der Waals surface area contributed by atoms with Gasteiger partial charge in [-0.15, -0.1) is 0 Å². The summed E-state index contributed by atoms with van der Waals surface area (Å²) in [6.45, 7) is 3.09. The van der Waals surface area contributed by atoms with Crippen LogP contribution in [0.25, 0.3) is 0 Å². The molecule has 5 nitrogen and oxygen atoms in total. The summed E-state index contributed by atoms with van der Waals surface area (Å²) in [7, 11) is 1.96. The predicted molar refractivity (Wildman–Crippen MR) is 92.3 cm³/mol. The lowest BCUT2D eigenvalue weighted by atomic mass is 10.1. The molecule has 2 aromatic rings. The van der Waals surface area contributed by atoms with Crippen molar-refractivity contribution in [2.24, 2.45) is 0 Å².